The van der Waals surface area contributed by atoms with Gasteiger partial charge in [-0.05, 0) is 15.9 Å². The molecule has 0 unspecified atom stereocenters. The number of anilines is 1. The summed E-state index contributed by atoms with van der Waals surface area (Å²) < 4.78 is 0.837. The van der Waals surface area contributed by atoms with Crippen molar-refractivity contribution in [3.8, 4) is 11.5 Å². The summed E-state index contributed by atoms with van der Waals surface area (Å²) in [6.07, 6.45) is 3.33. The quantitative estimate of drug-likeness (QED) is 0.784. The van der Waals surface area contributed by atoms with E-state index in [1.807, 2.05) is 0 Å². The van der Waals surface area contributed by atoms with Gasteiger partial charge in [-0.2, -0.15) is 5.10 Å². The molecule has 6 heteroatoms. The molecule has 2 rings (SSSR count). The van der Waals surface area contributed by atoms with Gasteiger partial charge in [0.25, 0.3) is 0 Å². The second kappa shape index (κ2) is 3.14. The zero-order valence-corrected chi connectivity index (χ0v) is 8.12. The molecule has 0 saturated heterocycles. The monoisotopic (exact) mass is 239 g/mol. The largest absolute Gasteiger partial charge is 0.382 e. The molecule has 2 aromatic heterocycles. The van der Waals surface area contributed by atoms with Crippen LogP contribution in [0.15, 0.2) is 22.9 Å². The van der Waals surface area contributed by atoms with E-state index in [2.05, 4.69) is 36.1 Å². The third-order valence-corrected chi connectivity index (χ3v) is 1.87. The van der Waals surface area contributed by atoms with Crippen LogP contribution in [-0.4, -0.2) is 20.2 Å². The van der Waals surface area contributed by atoms with Crippen LogP contribution in [0, 0.1) is 0 Å². The summed E-state index contributed by atoms with van der Waals surface area (Å²) in [5.41, 5.74) is 6.15. The van der Waals surface area contributed by atoms with E-state index in [-0.39, 0.29) is 0 Å². The van der Waals surface area contributed by atoms with Crippen molar-refractivity contribution >= 4 is 21.7 Å². The van der Waals surface area contributed by atoms with E-state index in [1.54, 1.807) is 18.5 Å². The molecule has 66 valence electrons. The normalized spacial score (nSPS) is 10.2. The van der Waals surface area contributed by atoms with Crippen molar-refractivity contribution in [2.75, 3.05) is 5.73 Å². The molecular formula is C7H6BrN5. The van der Waals surface area contributed by atoms with Gasteiger partial charge < -0.3 is 5.73 Å². The Morgan fingerprint density at radius 1 is 1.31 bits per heavy atom. The molecule has 0 fully saturated rings. The van der Waals surface area contributed by atoms with Crippen LogP contribution in [0.5, 0.6) is 0 Å². The first kappa shape index (κ1) is 8.18. The van der Waals surface area contributed by atoms with Crippen molar-refractivity contribution in [1.29, 1.82) is 0 Å². The lowest BCUT2D eigenvalue weighted by atomic mass is 10.4. The fraction of sp³-hybridized carbons (Fsp3) is 0. The molecule has 3 N–H and O–H groups in total. The second-order valence-corrected chi connectivity index (χ2v) is 3.35. The van der Waals surface area contributed by atoms with Crippen molar-refractivity contribution in [2.24, 2.45) is 0 Å². The van der Waals surface area contributed by atoms with Crippen molar-refractivity contribution in [2.45, 2.75) is 0 Å². The minimum absolute atomic E-state index is 0.432. The lowest BCUT2D eigenvalue weighted by molar-refractivity contribution is 1.06. The van der Waals surface area contributed by atoms with Gasteiger partial charge in [-0.15, -0.1) is 0 Å². The number of nitrogen functional groups attached to an aromatic ring is 1. The van der Waals surface area contributed by atoms with Gasteiger partial charge >= 0.3 is 0 Å². The summed E-state index contributed by atoms with van der Waals surface area (Å²) in [5, 5.41) is 6.50. The second-order valence-electron chi connectivity index (χ2n) is 2.43. The predicted molar refractivity (Wildman–Crippen MR) is 51.7 cm³/mol. The molecule has 0 saturated carbocycles. The zero-order chi connectivity index (χ0) is 9.26. The average molecular weight is 240 g/mol. The maximum Gasteiger partial charge on any atom is 0.177 e. The maximum absolute atomic E-state index is 5.44. The highest BCUT2D eigenvalue weighted by atomic mass is 79.9. The Morgan fingerprint density at radius 3 is 2.54 bits per heavy atom. The van der Waals surface area contributed by atoms with Crippen molar-refractivity contribution in [3.63, 3.8) is 0 Å². The molecule has 13 heavy (non-hydrogen) atoms. The van der Waals surface area contributed by atoms with Crippen LogP contribution >= 0.6 is 15.9 Å². The number of aromatic nitrogens is 4. The third kappa shape index (κ3) is 1.67. The minimum atomic E-state index is 0.432. The van der Waals surface area contributed by atoms with Gasteiger partial charge in [0.05, 0.1) is 4.47 Å². The van der Waals surface area contributed by atoms with Crippen LogP contribution in [0.25, 0.3) is 11.5 Å². The van der Waals surface area contributed by atoms with E-state index in [4.69, 9.17) is 5.73 Å². The molecule has 0 aliphatic carbocycles. The average Bonchev–Trinajstić information content (AvgIpc) is 2.53. The molecule has 0 aliphatic heterocycles. The maximum atomic E-state index is 5.44. The summed E-state index contributed by atoms with van der Waals surface area (Å²) >= 11 is 3.25. The molecule has 0 amide bonds. The Morgan fingerprint density at radius 2 is 2.00 bits per heavy atom. The van der Waals surface area contributed by atoms with E-state index < -0.39 is 0 Å². The number of hydrogen-bond donors (Lipinski definition) is 2. The van der Waals surface area contributed by atoms with Crippen LogP contribution in [0.1, 0.15) is 0 Å². The lowest BCUT2D eigenvalue weighted by Gasteiger charge is -1.93. The Balaban J connectivity index is 2.41. The van der Waals surface area contributed by atoms with Crippen LogP contribution < -0.4 is 5.73 Å². The molecule has 0 aromatic carbocycles. The van der Waals surface area contributed by atoms with Crippen LogP contribution in [0.3, 0.4) is 0 Å². The van der Waals surface area contributed by atoms with Gasteiger partial charge in [0.2, 0.25) is 0 Å². The Bertz CT molecular complexity index is 407. The Kier molecular flexibility index (Phi) is 1.97. The fourth-order valence-electron chi connectivity index (χ4n) is 0.903. The molecule has 2 heterocycles. The number of hydrogen-bond acceptors (Lipinski definition) is 4. The SMILES string of the molecule is Nc1cc(-c2ncc(Br)cn2)[nH]n1. The standard InChI is InChI=1S/C7H6BrN5/c8-4-2-10-7(11-3-4)5-1-6(9)13-12-5/h1-3H,(H3,9,12,13). The van der Waals surface area contributed by atoms with Crippen LogP contribution in [0.4, 0.5) is 5.82 Å². The van der Waals surface area contributed by atoms with Gasteiger partial charge in [0.15, 0.2) is 5.82 Å². The lowest BCUT2D eigenvalue weighted by Crippen LogP contribution is -1.87. The summed E-state index contributed by atoms with van der Waals surface area (Å²) in [7, 11) is 0. The van der Waals surface area contributed by atoms with E-state index in [0.717, 1.165) is 4.47 Å². The predicted octanol–water partition coefficient (Wildman–Crippen LogP) is 1.21. The van der Waals surface area contributed by atoms with E-state index in [0.29, 0.717) is 17.3 Å². The number of halogens is 1. The van der Waals surface area contributed by atoms with Crippen molar-refractivity contribution in [3.05, 3.63) is 22.9 Å². The van der Waals surface area contributed by atoms with Crippen LogP contribution in [-0.2, 0) is 0 Å². The number of aromatic amines is 1. The van der Waals surface area contributed by atoms with Gasteiger partial charge in [-0.1, -0.05) is 0 Å². The molecule has 0 atom stereocenters. The fourth-order valence-corrected chi connectivity index (χ4v) is 1.11. The topological polar surface area (TPSA) is 80.5 Å². The summed E-state index contributed by atoms with van der Waals surface area (Å²) in [6.45, 7) is 0. The first-order valence-electron chi connectivity index (χ1n) is 3.54. The Hall–Kier alpha value is -1.43. The number of rotatable bonds is 1. The van der Waals surface area contributed by atoms with Gasteiger partial charge in [-0.25, -0.2) is 9.97 Å². The molecule has 5 nitrogen and oxygen atoms in total. The first-order valence-corrected chi connectivity index (χ1v) is 4.34. The molecule has 0 spiro atoms. The highest BCUT2D eigenvalue weighted by Crippen LogP contribution is 2.14. The highest BCUT2D eigenvalue weighted by Gasteiger charge is 2.03. The van der Waals surface area contributed by atoms with E-state index >= 15 is 0 Å². The summed E-state index contributed by atoms with van der Waals surface area (Å²) in [4.78, 5) is 8.15. The molecule has 2 aromatic rings. The minimum Gasteiger partial charge on any atom is -0.382 e. The van der Waals surface area contributed by atoms with Gasteiger partial charge in [0.1, 0.15) is 11.5 Å². The summed E-state index contributed by atoms with van der Waals surface area (Å²) in [5.74, 6) is 1.01. The highest BCUT2D eigenvalue weighted by molar-refractivity contribution is 9.10. The van der Waals surface area contributed by atoms with Gasteiger partial charge in [-0.3, -0.25) is 5.10 Å². The zero-order valence-electron chi connectivity index (χ0n) is 6.53. The number of nitrogens with zero attached hydrogens (tertiary/aromatic N) is 3. The van der Waals surface area contributed by atoms with E-state index in [1.165, 1.54) is 0 Å². The number of nitrogens with two attached hydrogens (primary N) is 1. The van der Waals surface area contributed by atoms with Crippen molar-refractivity contribution in [1.82, 2.24) is 20.2 Å². The number of H-pyrrole nitrogens is 1. The molecule has 0 radical (unpaired) electrons. The summed E-state index contributed by atoms with van der Waals surface area (Å²) in [6, 6.07) is 1.68. The molecular weight excluding hydrogens is 234 g/mol. The first-order chi connectivity index (χ1) is 6.25. The molecule has 0 bridgehead atoms. The Labute approximate surface area is 82.5 Å². The third-order valence-electron chi connectivity index (χ3n) is 1.46. The van der Waals surface area contributed by atoms with Crippen molar-refractivity contribution < 1.29 is 0 Å². The van der Waals surface area contributed by atoms with Crippen LogP contribution in [0.2, 0.25) is 0 Å². The van der Waals surface area contributed by atoms with E-state index in [9.17, 15) is 0 Å². The molecule has 0 aliphatic rings. The smallest absolute Gasteiger partial charge is 0.177 e. The number of nitrogens with one attached hydrogen (secondary N) is 1. The van der Waals surface area contributed by atoms with Gasteiger partial charge in [0, 0.05) is 18.5 Å².